The monoisotopic (exact) mass is 230 g/mol. The molecule has 5 nitrogen and oxygen atoms in total. The van der Waals surface area contributed by atoms with Gasteiger partial charge in [0.25, 0.3) is 5.56 Å². The molecule has 1 aromatic carbocycles. The van der Waals surface area contributed by atoms with Crippen molar-refractivity contribution >= 4 is 10.9 Å². The predicted octanol–water partition coefficient (Wildman–Crippen LogP) is 0.944. The molecule has 0 aliphatic rings. The van der Waals surface area contributed by atoms with E-state index in [9.17, 15) is 4.79 Å². The summed E-state index contributed by atoms with van der Waals surface area (Å²) in [5.41, 5.74) is 0.307. The first-order valence-corrected chi connectivity index (χ1v) is 4.88. The minimum atomic E-state index is -0.233. The Hall–Kier alpha value is -2.48. The van der Waals surface area contributed by atoms with Crippen molar-refractivity contribution in [2.24, 2.45) is 0 Å². The molecule has 2 rings (SSSR count). The SMILES string of the molecule is C#CCOc1cc2c(=O)[nH]cnc2cc1OC. The van der Waals surface area contributed by atoms with Crippen molar-refractivity contribution in [3.63, 3.8) is 0 Å². The fraction of sp³-hybridized carbons (Fsp3) is 0.167. The number of methoxy groups -OCH3 is 1. The number of nitrogens with one attached hydrogen (secondary N) is 1. The fourth-order valence-corrected chi connectivity index (χ4v) is 1.47. The Balaban J connectivity index is 2.62. The molecule has 0 radical (unpaired) electrons. The average molecular weight is 230 g/mol. The van der Waals surface area contributed by atoms with Crippen molar-refractivity contribution in [1.82, 2.24) is 9.97 Å². The summed E-state index contributed by atoms with van der Waals surface area (Å²) in [6.07, 6.45) is 6.45. The second-order valence-electron chi connectivity index (χ2n) is 3.24. The Bertz CT molecular complexity index is 640. The highest BCUT2D eigenvalue weighted by Crippen LogP contribution is 2.29. The maximum Gasteiger partial charge on any atom is 0.258 e. The van der Waals surface area contributed by atoms with Gasteiger partial charge in [0.1, 0.15) is 6.61 Å². The number of aromatic amines is 1. The summed E-state index contributed by atoms with van der Waals surface area (Å²) in [4.78, 5) is 18.1. The molecule has 0 bridgehead atoms. The third-order valence-corrected chi connectivity index (χ3v) is 2.24. The van der Waals surface area contributed by atoms with E-state index in [4.69, 9.17) is 15.9 Å². The second kappa shape index (κ2) is 4.58. The van der Waals surface area contributed by atoms with Crippen molar-refractivity contribution in [1.29, 1.82) is 0 Å². The number of nitrogens with zero attached hydrogens (tertiary/aromatic N) is 1. The van der Waals surface area contributed by atoms with Gasteiger partial charge in [-0.2, -0.15) is 0 Å². The highest BCUT2D eigenvalue weighted by atomic mass is 16.5. The lowest BCUT2D eigenvalue weighted by Gasteiger charge is -2.09. The molecule has 1 heterocycles. The van der Waals surface area contributed by atoms with Crippen molar-refractivity contribution in [2.75, 3.05) is 13.7 Å². The summed E-state index contributed by atoms with van der Waals surface area (Å²) in [6, 6.07) is 3.20. The van der Waals surface area contributed by atoms with Gasteiger partial charge in [-0.1, -0.05) is 5.92 Å². The van der Waals surface area contributed by atoms with Crippen molar-refractivity contribution in [3.8, 4) is 23.8 Å². The topological polar surface area (TPSA) is 64.2 Å². The zero-order valence-electron chi connectivity index (χ0n) is 9.19. The van der Waals surface area contributed by atoms with Crippen LogP contribution < -0.4 is 15.0 Å². The molecule has 0 aliphatic heterocycles. The van der Waals surface area contributed by atoms with Crippen LogP contribution in [0.3, 0.4) is 0 Å². The molecule has 0 amide bonds. The molecule has 0 spiro atoms. The second-order valence-corrected chi connectivity index (χ2v) is 3.24. The number of fused-ring (bicyclic) bond motifs is 1. The van der Waals surface area contributed by atoms with Gasteiger partial charge in [0.15, 0.2) is 11.5 Å². The van der Waals surface area contributed by atoms with Crippen molar-refractivity contribution in [3.05, 3.63) is 28.8 Å². The molecule has 0 saturated carbocycles. The molecule has 0 fully saturated rings. The van der Waals surface area contributed by atoms with Crippen LogP contribution in [0, 0.1) is 12.3 Å². The van der Waals surface area contributed by atoms with Crippen LogP contribution in [0.1, 0.15) is 0 Å². The Kier molecular flexibility index (Phi) is 2.97. The molecule has 0 saturated heterocycles. The fourth-order valence-electron chi connectivity index (χ4n) is 1.47. The van der Waals surface area contributed by atoms with Crippen LogP contribution in [0.2, 0.25) is 0 Å². The molecule has 17 heavy (non-hydrogen) atoms. The largest absolute Gasteiger partial charge is 0.493 e. The quantitative estimate of drug-likeness (QED) is 0.797. The third kappa shape index (κ3) is 2.06. The molecule has 1 aromatic heterocycles. The summed E-state index contributed by atoms with van der Waals surface area (Å²) in [7, 11) is 1.51. The van der Waals surface area contributed by atoms with E-state index >= 15 is 0 Å². The van der Waals surface area contributed by atoms with E-state index in [0.717, 1.165) is 0 Å². The van der Waals surface area contributed by atoms with Crippen molar-refractivity contribution < 1.29 is 9.47 Å². The Morgan fingerprint density at radius 3 is 3.00 bits per heavy atom. The lowest BCUT2D eigenvalue weighted by atomic mass is 10.2. The summed E-state index contributed by atoms with van der Waals surface area (Å²) in [5.74, 6) is 3.27. The minimum absolute atomic E-state index is 0.111. The number of hydrogen-bond donors (Lipinski definition) is 1. The van der Waals surface area contributed by atoms with Gasteiger partial charge in [0.2, 0.25) is 0 Å². The molecule has 86 valence electrons. The van der Waals surface area contributed by atoms with Gasteiger partial charge in [0.05, 0.1) is 24.3 Å². The zero-order chi connectivity index (χ0) is 12.3. The maximum absolute atomic E-state index is 11.6. The number of hydrogen-bond acceptors (Lipinski definition) is 4. The minimum Gasteiger partial charge on any atom is -0.493 e. The standard InChI is InChI=1S/C12H10N2O3/c1-3-4-17-11-5-8-9(6-10(11)16-2)13-7-14-12(8)15/h1,5-7H,4H2,2H3,(H,13,14,15). The Morgan fingerprint density at radius 2 is 2.29 bits per heavy atom. The highest BCUT2D eigenvalue weighted by Gasteiger charge is 2.09. The van der Waals surface area contributed by atoms with Gasteiger partial charge in [0, 0.05) is 6.07 Å². The molecule has 0 aliphatic carbocycles. The number of ether oxygens (including phenoxy) is 2. The summed E-state index contributed by atoms with van der Waals surface area (Å²) >= 11 is 0. The van der Waals surface area contributed by atoms with Crippen LogP contribution in [0.5, 0.6) is 11.5 Å². The van der Waals surface area contributed by atoms with E-state index in [-0.39, 0.29) is 12.2 Å². The lowest BCUT2D eigenvalue weighted by Crippen LogP contribution is -2.07. The smallest absolute Gasteiger partial charge is 0.258 e. The van der Waals surface area contributed by atoms with E-state index in [1.165, 1.54) is 13.4 Å². The van der Waals surface area contributed by atoms with E-state index in [2.05, 4.69) is 15.9 Å². The normalized spacial score (nSPS) is 9.88. The lowest BCUT2D eigenvalue weighted by molar-refractivity contribution is 0.331. The van der Waals surface area contributed by atoms with Gasteiger partial charge in [-0.15, -0.1) is 6.42 Å². The predicted molar refractivity (Wildman–Crippen MR) is 63.2 cm³/mol. The molecule has 0 unspecified atom stereocenters. The summed E-state index contributed by atoms with van der Waals surface area (Å²) < 4.78 is 10.4. The maximum atomic E-state index is 11.6. The number of rotatable bonds is 3. The van der Waals surface area contributed by atoms with Gasteiger partial charge in [-0.05, 0) is 6.07 Å². The van der Waals surface area contributed by atoms with Crippen molar-refractivity contribution in [2.45, 2.75) is 0 Å². The van der Waals surface area contributed by atoms with Gasteiger partial charge >= 0.3 is 0 Å². The number of H-pyrrole nitrogens is 1. The molecule has 0 atom stereocenters. The molecular weight excluding hydrogens is 220 g/mol. The highest BCUT2D eigenvalue weighted by molar-refractivity contribution is 5.81. The van der Waals surface area contributed by atoms with E-state index in [1.807, 2.05) is 0 Å². The van der Waals surface area contributed by atoms with Crippen LogP contribution in [0.25, 0.3) is 10.9 Å². The van der Waals surface area contributed by atoms with Crippen LogP contribution >= 0.6 is 0 Å². The molecular formula is C12H10N2O3. The number of terminal acetylenes is 1. The van der Waals surface area contributed by atoms with Gasteiger partial charge in [-0.25, -0.2) is 4.98 Å². The van der Waals surface area contributed by atoms with Crippen LogP contribution in [0.4, 0.5) is 0 Å². The number of benzene rings is 1. The first-order valence-electron chi connectivity index (χ1n) is 4.88. The average Bonchev–Trinajstić information content (AvgIpc) is 2.36. The molecule has 2 aromatic rings. The Labute approximate surface area is 97.4 Å². The summed E-state index contributed by atoms with van der Waals surface area (Å²) in [6.45, 7) is 0.111. The van der Waals surface area contributed by atoms with Gasteiger partial charge < -0.3 is 14.5 Å². The van der Waals surface area contributed by atoms with E-state index < -0.39 is 0 Å². The van der Waals surface area contributed by atoms with Crippen LogP contribution in [0.15, 0.2) is 23.3 Å². The molecule has 1 N–H and O–H groups in total. The van der Waals surface area contributed by atoms with E-state index in [1.54, 1.807) is 12.1 Å². The van der Waals surface area contributed by atoms with Gasteiger partial charge in [-0.3, -0.25) is 4.79 Å². The Morgan fingerprint density at radius 1 is 1.47 bits per heavy atom. The molecule has 5 heteroatoms. The number of aromatic nitrogens is 2. The first kappa shape index (κ1) is 11.0. The first-order chi connectivity index (χ1) is 8.26. The summed E-state index contributed by atoms with van der Waals surface area (Å²) in [5, 5.41) is 0.431. The van der Waals surface area contributed by atoms with Crippen LogP contribution in [-0.4, -0.2) is 23.7 Å². The third-order valence-electron chi connectivity index (χ3n) is 2.24. The van der Waals surface area contributed by atoms with Crippen LogP contribution in [-0.2, 0) is 0 Å². The zero-order valence-corrected chi connectivity index (χ0v) is 9.19. The van der Waals surface area contributed by atoms with E-state index in [0.29, 0.717) is 22.4 Å².